The molecular formula is C21H24N4O4S2. The van der Waals surface area contributed by atoms with Crippen LogP contribution in [0, 0.1) is 0 Å². The van der Waals surface area contributed by atoms with E-state index in [1.807, 2.05) is 36.4 Å². The van der Waals surface area contributed by atoms with Gasteiger partial charge in [0, 0.05) is 25.3 Å². The monoisotopic (exact) mass is 460 g/mol. The summed E-state index contributed by atoms with van der Waals surface area (Å²) in [6.45, 7) is -0.00279. The number of sulfonamides is 1. The highest BCUT2D eigenvalue weighted by atomic mass is 32.2. The number of thiophene rings is 1. The van der Waals surface area contributed by atoms with Gasteiger partial charge in [-0.05, 0) is 36.2 Å². The summed E-state index contributed by atoms with van der Waals surface area (Å²) in [5.74, 6) is -0.642. The van der Waals surface area contributed by atoms with Crippen LogP contribution in [-0.2, 0) is 21.2 Å². The van der Waals surface area contributed by atoms with Crippen molar-refractivity contribution in [1.82, 2.24) is 15.0 Å². The molecule has 0 fully saturated rings. The minimum atomic E-state index is -3.72. The topological polar surface area (TPSA) is 134 Å². The number of carbonyl (C=O) groups excluding carboxylic acids is 1. The molecule has 164 valence electrons. The summed E-state index contributed by atoms with van der Waals surface area (Å²) in [5.41, 5.74) is 7.53. The predicted octanol–water partition coefficient (Wildman–Crippen LogP) is 1.14. The van der Waals surface area contributed by atoms with Gasteiger partial charge in [-0.1, -0.05) is 36.4 Å². The number of hydrogen-bond acceptors (Lipinski definition) is 7. The van der Waals surface area contributed by atoms with Crippen LogP contribution in [0.4, 0.5) is 0 Å². The van der Waals surface area contributed by atoms with Gasteiger partial charge in [-0.2, -0.15) is 0 Å². The van der Waals surface area contributed by atoms with Crippen molar-refractivity contribution in [3.63, 3.8) is 0 Å². The standard InChI is InChI=1S/C21H24N4O4S2/c22-16(14-15-6-2-1-3-7-15)20(26)21(27)24-12-13-25-31(28,29)19-10-9-18(30-19)17-8-4-5-11-23-17/h1-11,16,20,25-26H,12-14,22H2,(H,24,27)/t16-,20+/m0/s1. The summed E-state index contributed by atoms with van der Waals surface area (Å²) >= 11 is 1.11. The largest absolute Gasteiger partial charge is 0.382 e. The Bertz CT molecular complexity index is 1090. The van der Waals surface area contributed by atoms with E-state index in [0.717, 1.165) is 21.8 Å². The quantitative estimate of drug-likeness (QED) is 0.335. The molecule has 10 heteroatoms. The van der Waals surface area contributed by atoms with Crippen molar-refractivity contribution in [3.8, 4) is 10.6 Å². The maximum Gasteiger partial charge on any atom is 0.250 e. The molecule has 2 aromatic heterocycles. The normalized spacial score (nSPS) is 13.5. The van der Waals surface area contributed by atoms with Crippen molar-refractivity contribution in [1.29, 1.82) is 0 Å². The molecule has 31 heavy (non-hydrogen) atoms. The fourth-order valence-corrected chi connectivity index (χ4v) is 5.21. The fourth-order valence-electron chi connectivity index (χ4n) is 2.85. The lowest BCUT2D eigenvalue weighted by atomic mass is 10.0. The Balaban J connectivity index is 1.46. The number of benzene rings is 1. The number of pyridine rings is 1. The SMILES string of the molecule is N[C@@H](Cc1ccccc1)[C@@H](O)C(=O)NCCNS(=O)(=O)c1ccc(-c2ccccn2)s1. The van der Waals surface area contributed by atoms with E-state index in [2.05, 4.69) is 15.0 Å². The molecule has 2 atom stereocenters. The van der Waals surface area contributed by atoms with Crippen LogP contribution in [0.2, 0.25) is 0 Å². The average Bonchev–Trinajstić information content (AvgIpc) is 3.29. The summed E-state index contributed by atoms with van der Waals surface area (Å²) in [6.07, 6.45) is 0.596. The number of carbonyl (C=O) groups is 1. The molecule has 0 bridgehead atoms. The number of aliphatic hydroxyl groups is 1. The fraction of sp³-hybridized carbons (Fsp3) is 0.238. The number of nitrogens with one attached hydrogen (secondary N) is 2. The molecule has 0 aliphatic heterocycles. The molecule has 0 aliphatic carbocycles. The summed E-state index contributed by atoms with van der Waals surface area (Å²) < 4.78 is 27.5. The summed E-state index contributed by atoms with van der Waals surface area (Å²) in [5, 5.41) is 12.6. The molecule has 1 aromatic carbocycles. The maximum atomic E-state index is 12.5. The third-order valence-corrected chi connectivity index (χ3v) is 7.53. The van der Waals surface area contributed by atoms with Gasteiger partial charge in [0.2, 0.25) is 10.0 Å². The number of amides is 1. The van der Waals surface area contributed by atoms with Crippen LogP contribution in [0.5, 0.6) is 0 Å². The Labute approximate surface area is 185 Å². The van der Waals surface area contributed by atoms with E-state index in [-0.39, 0.29) is 17.3 Å². The Morgan fingerprint density at radius 1 is 1.06 bits per heavy atom. The van der Waals surface area contributed by atoms with Gasteiger partial charge in [-0.3, -0.25) is 9.78 Å². The van der Waals surface area contributed by atoms with Gasteiger partial charge in [0.15, 0.2) is 0 Å². The van der Waals surface area contributed by atoms with Crippen molar-refractivity contribution in [2.75, 3.05) is 13.1 Å². The minimum absolute atomic E-state index is 0.0195. The van der Waals surface area contributed by atoms with E-state index in [0.29, 0.717) is 12.1 Å². The molecule has 0 unspecified atom stereocenters. The number of nitrogens with two attached hydrogens (primary N) is 1. The van der Waals surface area contributed by atoms with Crippen LogP contribution in [0.1, 0.15) is 5.56 Å². The zero-order chi connectivity index (χ0) is 22.3. The van der Waals surface area contributed by atoms with Crippen molar-refractivity contribution in [3.05, 3.63) is 72.4 Å². The predicted molar refractivity (Wildman–Crippen MR) is 120 cm³/mol. The molecular weight excluding hydrogens is 436 g/mol. The second-order valence-corrected chi connectivity index (χ2v) is 9.90. The lowest BCUT2D eigenvalue weighted by molar-refractivity contribution is -0.130. The highest BCUT2D eigenvalue weighted by Gasteiger charge is 2.23. The highest BCUT2D eigenvalue weighted by molar-refractivity contribution is 7.91. The van der Waals surface area contributed by atoms with Crippen LogP contribution in [-0.4, -0.2) is 49.7 Å². The first kappa shape index (κ1) is 23.0. The average molecular weight is 461 g/mol. The summed E-state index contributed by atoms with van der Waals surface area (Å²) in [4.78, 5) is 17.1. The van der Waals surface area contributed by atoms with Crippen molar-refractivity contribution >= 4 is 27.3 Å². The second-order valence-electron chi connectivity index (χ2n) is 6.82. The Hall–Kier alpha value is -2.63. The van der Waals surface area contributed by atoms with E-state index in [4.69, 9.17) is 5.73 Å². The maximum absolute atomic E-state index is 12.5. The molecule has 3 aromatic rings. The van der Waals surface area contributed by atoms with Crippen molar-refractivity contribution < 1.29 is 18.3 Å². The van der Waals surface area contributed by atoms with Gasteiger partial charge >= 0.3 is 0 Å². The molecule has 2 heterocycles. The molecule has 0 saturated heterocycles. The smallest absolute Gasteiger partial charge is 0.250 e. The second kappa shape index (κ2) is 10.6. The van der Waals surface area contributed by atoms with Gasteiger partial charge in [-0.25, -0.2) is 13.1 Å². The Morgan fingerprint density at radius 3 is 2.52 bits per heavy atom. The van der Waals surface area contributed by atoms with E-state index in [1.54, 1.807) is 24.4 Å². The van der Waals surface area contributed by atoms with Crippen molar-refractivity contribution in [2.45, 2.75) is 22.8 Å². The van der Waals surface area contributed by atoms with Gasteiger partial charge in [0.05, 0.1) is 10.6 Å². The van der Waals surface area contributed by atoms with Crippen LogP contribution in [0.15, 0.2) is 71.1 Å². The minimum Gasteiger partial charge on any atom is -0.382 e. The van der Waals surface area contributed by atoms with E-state index in [1.165, 1.54) is 6.07 Å². The zero-order valence-electron chi connectivity index (χ0n) is 16.6. The van der Waals surface area contributed by atoms with Gasteiger partial charge in [-0.15, -0.1) is 11.3 Å². The number of nitrogens with zero attached hydrogens (tertiary/aromatic N) is 1. The van der Waals surface area contributed by atoms with Crippen LogP contribution < -0.4 is 15.8 Å². The molecule has 1 amide bonds. The van der Waals surface area contributed by atoms with E-state index >= 15 is 0 Å². The van der Waals surface area contributed by atoms with E-state index < -0.39 is 28.1 Å². The Kier molecular flexibility index (Phi) is 7.88. The number of rotatable bonds is 10. The molecule has 8 nitrogen and oxygen atoms in total. The Morgan fingerprint density at radius 2 is 1.81 bits per heavy atom. The van der Waals surface area contributed by atoms with Gasteiger partial charge < -0.3 is 16.2 Å². The molecule has 0 aliphatic rings. The van der Waals surface area contributed by atoms with Crippen LogP contribution >= 0.6 is 11.3 Å². The van der Waals surface area contributed by atoms with Gasteiger partial charge in [0.25, 0.3) is 5.91 Å². The van der Waals surface area contributed by atoms with E-state index in [9.17, 15) is 18.3 Å². The first-order chi connectivity index (χ1) is 14.9. The van der Waals surface area contributed by atoms with Gasteiger partial charge in [0.1, 0.15) is 10.3 Å². The first-order valence-electron chi connectivity index (χ1n) is 9.63. The summed E-state index contributed by atoms with van der Waals surface area (Å²) in [6, 6.07) is 17.2. The first-order valence-corrected chi connectivity index (χ1v) is 11.9. The highest BCUT2D eigenvalue weighted by Crippen LogP contribution is 2.29. The molecule has 5 N–H and O–H groups in total. The van der Waals surface area contributed by atoms with Crippen molar-refractivity contribution in [2.24, 2.45) is 5.73 Å². The zero-order valence-corrected chi connectivity index (χ0v) is 18.3. The molecule has 3 rings (SSSR count). The van der Waals surface area contributed by atoms with Crippen LogP contribution in [0.3, 0.4) is 0 Å². The third kappa shape index (κ3) is 6.42. The molecule has 0 radical (unpaired) electrons. The summed E-state index contributed by atoms with van der Waals surface area (Å²) in [7, 11) is -3.72. The number of hydrogen-bond donors (Lipinski definition) is 4. The molecule has 0 saturated carbocycles. The number of aliphatic hydroxyl groups excluding tert-OH is 1. The lowest BCUT2D eigenvalue weighted by Gasteiger charge is -2.18. The molecule has 0 spiro atoms. The lowest BCUT2D eigenvalue weighted by Crippen LogP contribution is -2.48. The third-order valence-electron chi connectivity index (χ3n) is 4.47. The van der Waals surface area contributed by atoms with Crippen LogP contribution in [0.25, 0.3) is 10.6 Å². The number of aromatic nitrogens is 1.